The van der Waals surface area contributed by atoms with Crippen molar-refractivity contribution in [3.05, 3.63) is 51.8 Å². The first kappa shape index (κ1) is 12.7. The van der Waals surface area contributed by atoms with Crippen LogP contribution in [0.15, 0.2) is 41.2 Å². The fourth-order valence-corrected chi connectivity index (χ4v) is 1.49. The molecule has 1 heterocycles. The molecule has 0 saturated carbocycles. The summed E-state index contributed by atoms with van der Waals surface area (Å²) < 4.78 is 5.01. The van der Waals surface area contributed by atoms with Crippen LogP contribution in [0.1, 0.15) is 5.56 Å². The van der Waals surface area contributed by atoms with Crippen LogP contribution in [0.2, 0.25) is 0 Å². The molecule has 7 nitrogen and oxygen atoms in total. The number of hydrogen-bond donors (Lipinski definition) is 0. The van der Waals surface area contributed by atoms with Gasteiger partial charge in [-0.2, -0.15) is 0 Å². The maximum absolute atomic E-state index is 11.5. The van der Waals surface area contributed by atoms with Gasteiger partial charge in [0.25, 0.3) is 5.69 Å². The van der Waals surface area contributed by atoms with Crippen LogP contribution in [0.4, 0.5) is 5.69 Å². The van der Waals surface area contributed by atoms with E-state index in [9.17, 15) is 14.9 Å². The van der Waals surface area contributed by atoms with Crippen LogP contribution in [0.25, 0.3) is 0 Å². The second-order valence-corrected chi connectivity index (χ2v) is 4.09. The highest BCUT2D eigenvalue weighted by Gasteiger charge is 2.24. The van der Waals surface area contributed by atoms with Gasteiger partial charge in [-0.3, -0.25) is 10.1 Å². The number of aliphatic imine (C=N–C) groups is 1. The molecule has 19 heavy (non-hydrogen) atoms. The zero-order valence-corrected chi connectivity index (χ0v) is 10.4. The molecule has 1 aliphatic heterocycles. The average molecular weight is 261 g/mol. The van der Waals surface area contributed by atoms with E-state index < -0.39 is 10.9 Å². The van der Waals surface area contributed by atoms with Gasteiger partial charge in [0.1, 0.15) is 0 Å². The predicted octanol–water partition coefficient (Wildman–Crippen LogP) is 1.30. The maximum Gasteiger partial charge on any atom is 0.365 e. The van der Waals surface area contributed by atoms with Crippen molar-refractivity contribution in [3.8, 4) is 0 Å². The fourth-order valence-electron chi connectivity index (χ4n) is 1.49. The van der Waals surface area contributed by atoms with Gasteiger partial charge in [-0.15, -0.1) is 0 Å². The van der Waals surface area contributed by atoms with Crippen LogP contribution in [0.3, 0.4) is 0 Å². The Labute approximate surface area is 109 Å². The molecule has 1 aromatic rings. The van der Waals surface area contributed by atoms with E-state index in [1.807, 2.05) is 0 Å². The van der Waals surface area contributed by atoms with Gasteiger partial charge in [-0.1, -0.05) is 0 Å². The summed E-state index contributed by atoms with van der Waals surface area (Å²) in [7, 11) is 3.53. The van der Waals surface area contributed by atoms with Crippen molar-refractivity contribution in [2.45, 2.75) is 0 Å². The van der Waals surface area contributed by atoms with Gasteiger partial charge < -0.3 is 9.64 Å². The highest BCUT2D eigenvalue weighted by molar-refractivity contribution is 6.11. The molecule has 0 radical (unpaired) electrons. The van der Waals surface area contributed by atoms with Crippen molar-refractivity contribution in [2.24, 2.45) is 4.99 Å². The summed E-state index contributed by atoms with van der Waals surface area (Å²) in [5, 5.41) is 10.5. The zero-order valence-electron chi connectivity index (χ0n) is 10.4. The third-order valence-electron chi connectivity index (χ3n) is 2.33. The van der Waals surface area contributed by atoms with E-state index in [0.29, 0.717) is 5.56 Å². The van der Waals surface area contributed by atoms with E-state index in [1.165, 1.54) is 24.3 Å². The van der Waals surface area contributed by atoms with Gasteiger partial charge in [-0.05, 0) is 12.1 Å². The standard InChI is InChI=1S/C12H11N3O4/c1-14(2)7-10-12(16)19-11(13-10)8-3-5-9(6-4-8)15(17)18/h3-7H,1-2H3/b10-7-. The molecule has 0 aromatic heterocycles. The Bertz CT molecular complexity index is 587. The summed E-state index contributed by atoms with van der Waals surface area (Å²) >= 11 is 0. The molecule has 0 bridgehead atoms. The van der Waals surface area contributed by atoms with Gasteiger partial charge in [-0.25, -0.2) is 9.79 Å². The van der Waals surface area contributed by atoms with Crippen LogP contribution in [-0.2, 0) is 9.53 Å². The minimum absolute atomic E-state index is 0.0299. The number of nitrogens with zero attached hydrogens (tertiary/aromatic N) is 3. The molecular weight excluding hydrogens is 250 g/mol. The van der Waals surface area contributed by atoms with Crippen molar-refractivity contribution >= 4 is 17.6 Å². The number of nitro groups is 1. The Morgan fingerprint density at radius 1 is 1.32 bits per heavy atom. The average Bonchev–Trinajstić information content (AvgIpc) is 2.70. The lowest BCUT2D eigenvalue weighted by Gasteiger charge is -2.02. The van der Waals surface area contributed by atoms with E-state index in [0.717, 1.165) is 0 Å². The van der Waals surface area contributed by atoms with Crippen LogP contribution in [0.5, 0.6) is 0 Å². The Hall–Kier alpha value is -2.70. The number of rotatable bonds is 3. The predicted molar refractivity (Wildman–Crippen MR) is 67.5 cm³/mol. The highest BCUT2D eigenvalue weighted by atomic mass is 16.6. The van der Waals surface area contributed by atoms with E-state index in [1.54, 1.807) is 25.2 Å². The minimum Gasteiger partial charge on any atom is -0.402 e. The van der Waals surface area contributed by atoms with Crippen molar-refractivity contribution in [1.82, 2.24) is 4.90 Å². The van der Waals surface area contributed by atoms with Gasteiger partial charge in [0, 0.05) is 38.0 Å². The van der Waals surface area contributed by atoms with E-state index >= 15 is 0 Å². The summed E-state index contributed by atoms with van der Waals surface area (Å²) in [5.41, 5.74) is 0.678. The molecule has 0 N–H and O–H groups in total. The van der Waals surface area contributed by atoms with Crippen molar-refractivity contribution in [1.29, 1.82) is 0 Å². The first-order valence-electron chi connectivity index (χ1n) is 5.41. The maximum atomic E-state index is 11.5. The first-order chi connectivity index (χ1) is 8.97. The lowest BCUT2D eigenvalue weighted by Crippen LogP contribution is -2.07. The summed E-state index contributed by atoms with van der Waals surface area (Å²) in [6.45, 7) is 0. The summed E-state index contributed by atoms with van der Waals surface area (Å²) in [4.78, 5) is 27.3. The second kappa shape index (κ2) is 4.89. The van der Waals surface area contributed by atoms with Gasteiger partial charge in [0.15, 0.2) is 5.70 Å². The number of carbonyl (C=O) groups excluding carboxylic acids is 1. The normalized spacial score (nSPS) is 16.2. The lowest BCUT2D eigenvalue weighted by molar-refractivity contribution is -0.384. The third-order valence-corrected chi connectivity index (χ3v) is 2.33. The Morgan fingerprint density at radius 3 is 2.47 bits per heavy atom. The molecule has 7 heteroatoms. The molecule has 0 fully saturated rings. The number of cyclic esters (lactones) is 1. The van der Waals surface area contributed by atoms with Crippen LogP contribution >= 0.6 is 0 Å². The van der Waals surface area contributed by atoms with Gasteiger partial charge >= 0.3 is 5.97 Å². The number of nitro benzene ring substituents is 1. The lowest BCUT2D eigenvalue weighted by atomic mass is 10.2. The van der Waals surface area contributed by atoms with Crippen LogP contribution in [0, 0.1) is 10.1 Å². The molecular formula is C12H11N3O4. The molecule has 0 spiro atoms. The van der Waals surface area contributed by atoms with Crippen molar-refractivity contribution < 1.29 is 14.5 Å². The third kappa shape index (κ3) is 2.76. The summed E-state index contributed by atoms with van der Waals surface area (Å²) in [6, 6.07) is 5.64. The molecule has 0 aliphatic carbocycles. The van der Waals surface area contributed by atoms with Gasteiger partial charge in [0.2, 0.25) is 5.90 Å². The molecule has 0 saturated heterocycles. The molecule has 0 atom stereocenters. The SMILES string of the molecule is CN(C)/C=C1\N=C(c2ccc([N+](=O)[O-])cc2)OC1=O. The number of hydrogen-bond acceptors (Lipinski definition) is 6. The monoisotopic (exact) mass is 261 g/mol. The highest BCUT2D eigenvalue weighted by Crippen LogP contribution is 2.18. The number of benzene rings is 1. The summed E-state index contributed by atoms with van der Waals surface area (Å²) in [6.07, 6.45) is 1.54. The molecule has 1 aliphatic rings. The zero-order chi connectivity index (χ0) is 14.0. The largest absolute Gasteiger partial charge is 0.402 e. The minimum atomic E-state index is -0.540. The summed E-state index contributed by atoms with van der Waals surface area (Å²) in [5.74, 6) is -0.393. The molecule has 0 amide bonds. The Morgan fingerprint density at radius 2 is 1.95 bits per heavy atom. The second-order valence-electron chi connectivity index (χ2n) is 4.09. The number of non-ortho nitro benzene ring substituents is 1. The first-order valence-corrected chi connectivity index (χ1v) is 5.41. The van der Waals surface area contributed by atoms with Crippen LogP contribution < -0.4 is 0 Å². The molecule has 2 rings (SSSR count). The van der Waals surface area contributed by atoms with E-state index in [4.69, 9.17) is 4.74 Å². The van der Waals surface area contributed by atoms with E-state index in [2.05, 4.69) is 4.99 Å². The topological polar surface area (TPSA) is 85.0 Å². The fraction of sp³-hybridized carbons (Fsp3) is 0.167. The van der Waals surface area contributed by atoms with Gasteiger partial charge in [0.05, 0.1) is 4.92 Å². The Balaban J connectivity index is 2.28. The van der Waals surface area contributed by atoms with E-state index in [-0.39, 0.29) is 17.3 Å². The van der Waals surface area contributed by atoms with Crippen molar-refractivity contribution in [3.63, 3.8) is 0 Å². The number of carbonyl (C=O) groups is 1. The number of esters is 1. The number of ether oxygens (including phenoxy) is 1. The Kier molecular flexibility index (Phi) is 3.28. The molecule has 1 aromatic carbocycles. The van der Waals surface area contributed by atoms with Crippen molar-refractivity contribution in [2.75, 3.05) is 14.1 Å². The van der Waals surface area contributed by atoms with Crippen LogP contribution in [-0.4, -0.2) is 35.8 Å². The molecule has 98 valence electrons. The molecule has 0 unspecified atom stereocenters. The smallest absolute Gasteiger partial charge is 0.365 e. The quantitative estimate of drug-likeness (QED) is 0.354.